The van der Waals surface area contributed by atoms with Gasteiger partial charge >= 0.3 is 0 Å². The van der Waals surface area contributed by atoms with Crippen molar-refractivity contribution in [1.29, 1.82) is 0 Å². The Morgan fingerprint density at radius 2 is 1.85 bits per heavy atom. The average Bonchev–Trinajstić information content (AvgIpc) is 2.38. The fourth-order valence-electron chi connectivity index (χ4n) is 2.41. The van der Waals surface area contributed by atoms with Crippen LogP contribution in [0.3, 0.4) is 0 Å². The Balaban J connectivity index is 2.03. The first-order chi connectivity index (χ1) is 9.56. The highest BCUT2D eigenvalue weighted by Gasteiger charge is 2.30. The number of hydrogen-bond acceptors (Lipinski definition) is 2. The number of ether oxygens (including phenoxy) is 1. The molecule has 0 amide bonds. The number of benzene rings is 2. The molecule has 3 rings (SSSR count). The van der Waals surface area contributed by atoms with Gasteiger partial charge in [0.2, 0.25) is 0 Å². The molecule has 5 heteroatoms. The molecule has 0 radical (unpaired) electrons. The molecule has 1 unspecified atom stereocenters. The molecule has 0 saturated carbocycles. The summed E-state index contributed by atoms with van der Waals surface area (Å²) < 4.78 is 6.87. The van der Waals surface area contributed by atoms with Crippen molar-refractivity contribution in [3.05, 3.63) is 62.0 Å². The molecule has 20 heavy (non-hydrogen) atoms. The predicted octanol–water partition coefficient (Wildman–Crippen LogP) is 5.31. The average molecular weight is 374 g/mol. The van der Waals surface area contributed by atoms with Gasteiger partial charge in [-0.1, -0.05) is 51.3 Å². The number of halogens is 3. The number of aliphatic hydroxyl groups excluding tert-OH is 1. The van der Waals surface area contributed by atoms with E-state index in [0.29, 0.717) is 22.2 Å². The van der Waals surface area contributed by atoms with E-state index in [0.717, 1.165) is 15.6 Å². The molecule has 2 aromatic carbocycles. The topological polar surface area (TPSA) is 29.5 Å². The fourth-order valence-corrected chi connectivity index (χ4v) is 3.39. The van der Waals surface area contributed by atoms with Crippen molar-refractivity contribution in [2.24, 2.45) is 0 Å². The van der Waals surface area contributed by atoms with Gasteiger partial charge in [-0.05, 0) is 24.3 Å². The van der Waals surface area contributed by atoms with Gasteiger partial charge in [0.05, 0.1) is 6.10 Å². The van der Waals surface area contributed by atoms with Gasteiger partial charge in [0, 0.05) is 32.1 Å². The zero-order valence-electron chi connectivity index (χ0n) is 10.3. The summed E-state index contributed by atoms with van der Waals surface area (Å²) >= 11 is 15.8. The van der Waals surface area contributed by atoms with E-state index in [1.807, 2.05) is 18.2 Å². The molecule has 1 N–H and O–H groups in total. The van der Waals surface area contributed by atoms with Gasteiger partial charge in [0.1, 0.15) is 11.9 Å². The van der Waals surface area contributed by atoms with E-state index >= 15 is 0 Å². The molecule has 0 bridgehead atoms. The van der Waals surface area contributed by atoms with E-state index < -0.39 is 6.10 Å². The number of hydrogen-bond donors (Lipinski definition) is 1. The third-order valence-electron chi connectivity index (χ3n) is 3.36. The monoisotopic (exact) mass is 372 g/mol. The van der Waals surface area contributed by atoms with Crippen molar-refractivity contribution in [2.45, 2.75) is 18.6 Å². The Bertz CT molecular complexity index is 640. The summed E-state index contributed by atoms with van der Waals surface area (Å²) in [4.78, 5) is 0. The minimum absolute atomic E-state index is 0.354. The molecule has 2 atom stereocenters. The van der Waals surface area contributed by atoms with Crippen molar-refractivity contribution >= 4 is 39.1 Å². The highest BCUT2D eigenvalue weighted by molar-refractivity contribution is 9.10. The first-order valence-electron chi connectivity index (χ1n) is 6.14. The highest BCUT2D eigenvalue weighted by atomic mass is 79.9. The second-order valence-electron chi connectivity index (χ2n) is 4.68. The fraction of sp³-hybridized carbons (Fsp3) is 0.200. The van der Waals surface area contributed by atoms with Crippen molar-refractivity contribution in [2.75, 3.05) is 0 Å². The van der Waals surface area contributed by atoms with Gasteiger partial charge < -0.3 is 9.84 Å². The van der Waals surface area contributed by atoms with Crippen LogP contribution in [-0.2, 0) is 0 Å². The first-order valence-corrected chi connectivity index (χ1v) is 7.69. The van der Waals surface area contributed by atoms with E-state index in [1.165, 1.54) is 0 Å². The summed E-state index contributed by atoms with van der Waals surface area (Å²) in [6.07, 6.45) is -0.518. The molecule has 1 aliphatic rings. The molecule has 0 aliphatic carbocycles. The zero-order chi connectivity index (χ0) is 14.3. The Labute approximate surface area is 135 Å². The Morgan fingerprint density at radius 1 is 1.15 bits per heavy atom. The summed E-state index contributed by atoms with van der Waals surface area (Å²) in [6, 6.07) is 10.9. The minimum atomic E-state index is -0.593. The summed E-state index contributed by atoms with van der Waals surface area (Å²) in [5.74, 6) is 0.652. The van der Waals surface area contributed by atoms with E-state index in [9.17, 15) is 5.11 Å². The van der Waals surface area contributed by atoms with Crippen molar-refractivity contribution < 1.29 is 9.84 Å². The van der Waals surface area contributed by atoms with Crippen LogP contribution in [0.15, 0.2) is 40.9 Å². The molecule has 0 aromatic heterocycles. The van der Waals surface area contributed by atoms with Crippen LogP contribution in [0.5, 0.6) is 5.75 Å². The van der Waals surface area contributed by atoms with Crippen LogP contribution in [0, 0.1) is 0 Å². The van der Waals surface area contributed by atoms with Crippen LogP contribution in [0.2, 0.25) is 10.0 Å². The molecule has 0 spiro atoms. The molecular weight excluding hydrogens is 363 g/mol. The summed E-state index contributed by atoms with van der Waals surface area (Å²) in [6.45, 7) is 0. The van der Waals surface area contributed by atoms with Gasteiger partial charge in [0.15, 0.2) is 0 Å². The van der Waals surface area contributed by atoms with Crippen LogP contribution in [0.25, 0.3) is 0 Å². The van der Waals surface area contributed by atoms with E-state index in [4.69, 9.17) is 27.9 Å². The van der Waals surface area contributed by atoms with Crippen molar-refractivity contribution in [3.8, 4) is 5.75 Å². The smallest absolute Gasteiger partial charge is 0.129 e. The normalized spacial score (nSPS) is 21.2. The van der Waals surface area contributed by atoms with E-state index in [1.54, 1.807) is 18.2 Å². The maximum atomic E-state index is 10.3. The Morgan fingerprint density at radius 3 is 2.55 bits per heavy atom. The van der Waals surface area contributed by atoms with Crippen LogP contribution >= 0.6 is 39.1 Å². The van der Waals surface area contributed by atoms with E-state index in [-0.39, 0.29) is 6.10 Å². The second kappa shape index (κ2) is 5.57. The van der Waals surface area contributed by atoms with Gasteiger partial charge in [-0.3, -0.25) is 0 Å². The lowest BCUT2D eigenvalue weighted by Gasteiger charge is -2.31. The van der Waals surface area contributed by atoms with Gasteiger partial charge in [-0.15, -0.1) is 0 Å². The minimum Gasteiger partial charge on any atom is -0.485 e. The largest absolute Gasteiger partial charge is 0.485 e. The van der Waals surface area contributed by atoms with Gasteiger partial charge in [-0.2, -0.15) is 0 Å². The summed E-state index contributed by atoms with van der Waals surface area (Å²) in [5, 5.41) is 11.4. The summed E-state index contributed by atoms with van der Waals surface area (Å²) in [5.41, 5.74) is 1.51. The molecule has 1 aliphatic heterocycles. The first kappa shape index (κ1) is 14.2. The van der Waals surface area contributed by atoms with Crippen LogP contribution in [0.4, 0.5) is 0 Å². The Kier molecular flexibility index (Phi) is 3.95. The maximum absolute atomic E-state index is 10.3. The maximum Gasteiger partial charge on any atom is 0.129 e. The van der Waals surface area contributed by atoms with Crippen LogP contribution in [0.1, 0.15) is 29.8 Å². The third-order valence-corrected chi connectivity index (χ3v) is 4.52. The standard InChI is InChI=1S/C15H11BrCl2O2/c16-8-4-5-9-12(19)7-14(20-13(9)6-8)15-10(17)2-1-3-11(15)18/h1-6,12,14,19H,7H2/t12-,14?/m0/s1. The number of fused-ring (bicyclic) bond motifs is 1. The number of rotatable bonds is 1. The quantitative estimate of drug-likeness (QED) is 0.733. The SMILES string of the molecule is O[C@H]1CC(c2c(Cl)cccc2Cl)Oc2cc(Br)ccc21. The van der Waals surface area contributed by atoms with Crippen molar-refractivity contribution in [1.82, 2.24) is 0 Å². The molecule has 2 nitrogen and oxygen atoms in total. The molecule has 104 valence electrons. The molecular formula is C15H11BrCl2O2. The summed E-state index contributed by atoms with van der Waals surface area (Å²) in [7, 11) is 0. The zero-order valence-corrected chi connectivity index (χ0v) is 13.4. The van der Waals surface area contributed by atoms with Crippen LogP contribution in [-0.4, -0.2) is 5.11 Å². The lowest BCUT2D eigenvalue weighted by Crippen LogP contribution is -2.19. The predicted molar refractivity (Wildman–Crippen MR) is 83.5 cm³/mol. The highest BCUT2D eigenvalue weighted by Crippen LogP contribution is 2.45. The third kappa shape index (κ3) is 2.56. The molecule has 0 saturated heterocycles. The van der Waals surface area contributed by atoms with Crippen molar-refractivity contribution in [3.63, 3.8) is 0 Å². The number of aliphatic hydroxyl groups is 1. The Hall–Kier alpha value is -0.740. The van der Waals surface area contributed by atoms with Crippen LogP contribution < -0.4 is 4.74 Å². The second-order valence-corrected chi connectivity index (χ2v) is 6.41. The molecule has 1 heterocycles. The lowest BCUT2D eigenvalue weighted by atomic mass is 9.95. The van der Waals surface area contributed by atoms with Gasteiger partial charge in [-0.25, -0.2) is 0 Å². The molecule has 2 aromatic rings. The lowest BCUT2D eigenvalue weighted by molar-refractivity contribution is 0.0658. The van der Waals surface area contributed by atoms with E-state index in [2.05, 4.69) is 15.9 Å². The van der Waals surface area contributed by atoms with Gasteiger partial charge in [0.25, 0.3) is 0 Å². The molecule has 0 fully saturated rings.